The molecule has 0 heterocycles. The number of allylic oxidation sites excluding steroid dienone is 1. The number of nitrogens with zero attached hydrogens (tertiary/aromatic N) is 1. The van der Waals surface area contributed by atoms with Gasteiger partial charge in [-0.15, -0.1) is 0 Å². The lowest BCUT2D eigenvalue weighted by atomic mass is 9.93. The van der Waals surface area contributed by atoms with Crippen molar-refractivity contribution in [3.8, 4) is 0 Å². The summed E-state index contributed by atoms with van der Waals surface area (Å²) in [6.45, 7) is 13.6. The summed E-state index contributed by atoms with van der Waals surface area (Å²) in [5, 5.41) is 0. The molecule has 0 aliphatic heterocycles. The fraction of sp³-hybridized carbons (Fsp3) is 0.769. The van der Waals surface area contributed by atoms with E-state index in [2.05, 4.69) is 65.5 Å². The molecule has 80 valence electrons. The van der Waals surface area contributed by atoms with Gasteiger partial charge in [-0.3, -0.25) is 0 Å². The van der Waals surface area contributed by atoms with Crippen LogP contribution in [0.2, 0.25) is 0 Å². The molecule has 0 aromatic rings. The fourth-order valence-corrected chi connectivity index (χ4v) is 3.02. The van der Waals surface area contributed by atoms with Crippen LogP contribution in [0.3, 0.4) is 0 Å². The van der Waals surface area contributed by atoms with Crippen LogP contribution in [0.25, 0.3) is 0 Å². The summed E-state index contributed by atoms with van der Waals surface area (Å²) in [6, 6.07) is 0. The minimum atomic E-state index is 0.304. The van der Waals surface area contributed by atoms with Gasteiger partial charge in [-0.25, -0.2) is 4.58 Å². The summed E-state index contributed by atoms with van der Waals surface area (Å²) in [5.41, 5.74) is 2.17. The Morgan fingerprint density at radius 3 is 2.14 bits per heavy atom. The molecule has 0 N–H and O–H groups in total. The van der Waals surface area contributed by atoms with Gasteiger partial charge in [0.15, 0.2) is 5.54 Å². The summed E-state index contributed by atoms with van der Waals surface area (Å²) in [6.07, 6.45) is 4.44. The van der Waals surface area contributed by atoms with Crippen molar-refractivity contribution in [2.45, 2.75) is 47.1 Å². The molecular weight excluding hydrogens is 170 g/mol. The van der Waals surface area contributed by atoms with E-state index in [9.17, 15) is 0 Å². The van der Waals surface area contributed by atoms with Gasteiger partial charge >= 0.3 is 0 Å². The van der Waals surface area contributed by atoms with Gasteiger partial charge in [-0.1, -0.05) is 18.6 Å². The maximum Gasteiger partial charge on any atom is 0.172 e. The molecule has 0 amide bonds. The van der Waals surface area contributed by atoms with E-state index in [-0.39, 0.29) is 0 Å². The standard InChI is InChI=1S/C13H24N/c1-8-10(3)12(5)11(4)13(12,6)14(7)9-2/h8-9,11H,1-7H3/q+1. The van der Waals surface area contributed by atoms with Crippen molar-refractivity contribution in [1.29, 1.82) is 0 Å². The van der Waals surface area contributed by atoms with Crippen molar-refractivity contribution in [2.24, 2.45) is 11.3 Å². The topological polar surface area (TPSA) is 3.01 Å². The smallest absolute Gasteiger partial charge is 0.172 e. The molecule has 0 spiro atoms. The number of hydrogen-bond acceptors (Lipinski definition) is 0. The van der Waals surface area contributed by atoms with Crippen LogP contribution in [0.4, 0.5) is 0 Å². The monoisotopic (exact) mass is 194 g/mol. The Bertz CT molecular complexity index is 270. The zero-order chi connectivity index (χ0) is 11.1. The lowest BCUT2D eigenvalue weighted by molar-refractivity contribution is -0.555. The Kier molecular flexibility index (Phi) is 2.64. The molecule has 3 atom stereocenters. The van der Waals surface area contributed by atoms with E-state index in [1.54, 1.807) is 0 Å². The summed E-state index contributed by atoms with van der Waals surface area (Å²) in [5.74, 6) is 0.729. The highest BCUT2D eigenvalue weighted by atomic mass is 15.1. The van der Waals surface area contributed by atoms with Crippen LogP contribution in [-0.4, -0.2) is 23.4 Å². The quantitative estimate of drug-likeness (QED) is 0.361. The highest BCUT2D eigenvalue weighted by Crippen LogP contribution is 2.66. The van der Waals surface area contributed by atoms with E-state index in [1.807, 2.05) is 0 Å². The van der Waals surface area contributed by atoms with Crippen molar-refractivity contribution in [1.82, 2.24) is 0 Å². The maximum absolute atomic E-state index is 2.38. The highest BCUT2D eigenvalue weighted by molar-refractivity contribution is 5.48. The van der Waals surface area contributed by atoms with Crippen LogP contribution >= 0.6 is 0 Å². The van der Waals surface area contributed by atoms with Crippen LogP contribution in [-0.2, 0) is 0 Å². The molecule has 3 unspecified atom stereocenters. The first-order chi connectivity index (χ1) is 6.37. The van der Waals surface area contributed by atoms with Crippen molar-refractivity contribution < 1.29 is 4.58 Å². The normalized spacial score (nSPS) is 44.1. The predicted molar refractivity (Wildman–Crippen MR) is 63.0 cm³/mol. The Hall–Kier alpha value is -0.590. The molecule has 0 aromatic carbocycles. The fourth-order valence-electron chi connectivity index (χ4n) is 3.02. The molecule has 1 aliphatic carbocycles. The second-order valence-electron chi connectivity index (χ2n) is 4.91. The summed E-state index contributed by atoms with van der Waals surface area (Å²) in [4.78, 5) is 0. The molecule has 0 radical (unpaired) electrons. The average Bonchev–Trinajstić information content (AvgIpc) is 2.65. The third-order valence-corrected chi connectivity index (χ3v) is 5.05. The van der Waals surface area contributed by atoms with E-state index in [0.717, 1.165) is 5.92 Å². The Morgan fingerprint density at radius 2 is 1.79 bits per heavy atom. The SMILES string of the molecule is CC=C(C)C1(C)C(C)C1(C)[N+](C)=CC. The summed E-state index contributed by atoms with van der Waals surface area (Å²) < 4.78 is 2.37. The van der Waals surface area contributed by atoms with E-state index >= 15 is 0 Å². The van der Waals surface area contributed by atoms with Crippen LogP contribution in [0.1, 0.15) is 41.5 Å². The van der Waals surface area contributed by atoms with Crippen LogP contribution in [0.15, 0.2) is 11.6 Å². The van der Waals surface area contributed by atoms with Crippen LogP contribution in [0.5, 0.6) is 0 Å². The van der Waals surface area contributed by atoms with E-state index in [1.165, 1.54) is 5.57 Å². The first kappa shape index (κ1) is 11.5. The minimum absolute atomic E-state index is 0.304. The third kappa shape index (κ3) is 1.04. The molecule has 14 heavy (non-hydrogen) atoms. The average molecular weight is 194 g/mol. The van der Waals surface area contributed by atoms with Gasteiger partial charge in [0, 0.05) is 19.8 Å². The Labute approximate surface area is 88.5 Å². The lowest BCUT2D eigenvalue weighted by Gasteiger charge is -2.15. The zero-order valence-electron chi connectivity index (χ0n) is 10.7. The van der Waals surface area contributed by atoms with E-state index < -0.39 is 0 Å². The van der Waals surface area contributed by atoms with Crippen molar-refractivity contribution >= 4 is 6.21 Å². The van der Waals surface area contributed by atoms with Gasteiger partial charge in [0.05, 0.1) is 5.41 Å². The second kappa shape index (κ2) is 3.22. The van der Waals surface area contributed by atoms with Crippen LogP contribution in [0, 0.1) is 11.3 Å². The molecule has 1 heteroatoms. The summed E-state index contributed by atoms with van der Waals surface area (Å²) >= 11 is 0. The highest BCUT2D eigenvalue weighted by Gasteiger charge is 2.76. The largest absolute Gasteiger partial charge is 0.236 e. The Morgan fingerprint density at radius 1 is 1.29 bits per heavy atom. The molecule has 0 saturated heterocycles. The molecule has 1 aliphatic rings. The zero-order valence-corrected chi connectivity index (χ0v) is 10.7. The third-order valence-electron chi connectivity index (χ3n) is 5.05. The molecule has 1 saturated carbocycles. The molecule has 1 nitrogen and oxygen atoms in total. The van der Waals surface area contributed by atoms with E-state index in [4.69, 9.17) is 0 Å². The Balaban J connectivity index is 3.11. The lowest BCUT2D eigenvalue weighted by Crippen LogP contribution is -2.29. The number of hydrogen-bond donors (Lipinski definition) is 0. The molecule has 0 bridgehead atoms. The number of rotatable bonds is 2. The van der Waals surface area contributed by atoms with Gasteiger partial charge in [0.25, 0.3) is 0 Å². The van der Waals surface area contributed by atoms with Crippen molar-refractivity contribution in [2.75, 3.05) is 7.05 Å². The van der Waals surface area contributed by atoms with Gasteiger partial charge < -0.3 is 0 Å². The van der Waals surface area contributed by atoms with Gasteiger partial charge in [0.1, 0.15) is 13.3 Å². The minimum Gasteiger partial charge on any atom is -0.236 e. The predicted octanol–water partition coefficient (Wildman–Crippen LogP) is 3.10. The molecule has 1 rings (SSSR count). The van der Waals surface area contributed by atoms with Crippen LogP contribution < -0.4 is 0 Å². The second-order valence-corrected chi connectivity index (χ2v) is 4.91. The van der Waals surface area contributed by atoms with Crippen molar-refractivity contribution in [3.63, 3.8) is 0 Å². The van der Waals surface area contributed by atoms with Gasteiger partial charge in [-0.05, 0) is 20.8 Å². The van der Waals surface area contributed by atoms with Gasteiger partial charge in [-0.2, -0.15) is 0 Å². The summed E-state index contributed by atoms with van der Waals surface area (Å²) in [7, 11) is 2.19. The first-order valence-corrected chi connectivity index (χ1v) is 5.53. The van der Waals surface area contributed by atoms with Gasteiger partial charge in [0.2, 0.25) is 0 Å². The molecular formula is C13H24N+. The van der Waals surface area contributed by atoms with Crippen molar-refractivity contribution in [3.05, 3.63) is 11.6 Å². The maximum atomic E-state index is 2.38. The molecule has 0 aromatic heterocycles. The molecule has 1 fully saturated rings. The first-order valence-electron chi connectivity index (χ1n) is 5.53. The van der Waals surface area contributed by atoms with E-state index in [0.29, 0.717) is 11.0 Å².